The normalized spacial score (nSPS) is 11.9. The summed E-state index contributed by atoms with van der Waals surface area (Å²) in [5, 5.41) is 3.43. The van der Waals surface area contributed by atoms with Crippen LogP contribution in [0.25, 0.3) is 0 Å². The Hall–Kier alpha value is -2.98. The van der Waals surface area contributed by atoms with Crippen molar-refractivity contribution < 1.29 is 27.5 Å². The highest BCUT2D eigenvalue weighted by Gasteiger charge is 2.32. The van der Waals surface area contributed by atoms with Crippen LogP contribution in [0, 0.1) is 0 Å². The number of hydrogen-bond acceptors (Lipinski definition) is 6. The quantitative estimate of drug-likeness (QED) is 0.356. The average molecular weight is 554 g/mol. The fraction of sp³-hybridized carbons (Fsp3) is 0.462. The van der Waals surface area contributed by atoms with E-state index >= 15 is 0 Å². The molecule has 0 aliphatic heterocycles. The third-order valence-corrected chi connectivity index (χ3v) is 7.19. The Bertz CT molecular complexity index is 1160. The number of carbonyl (C=O) groups excluding carboxylic acids is 2. The van der Waals surface area contributed by atoms with E-state index in [1.807, 2.05) is 13.8 Å². The van der Waals surface area contributed by atoms with Gasteiger partial charge in [0, 0.05) is 24.2 Å². The highest BCUT2D eigenvalue weighted by atomic mass is 35.5. The number of hydrogen-bond donors (Lipinski definition) is 1. The summed E-state index contributed by atoms with van der Waals surface area (Å²) >= 11 is 6.02. The Morgan fingerprint density at radius 1 is 1.05 bits per heavy atom. The van der Waals surface area contributed by atoms with Crippen molar-refractivity contribution in [2.75, 3.05) is 37.9 Å². The second kappa shape index (κ2) is 14.1. The van der Waals surface area contributed by atoms with Gasteiger partial charge >= 0.3 is 0 Å². The van der Waals surface area contributed by atoms with E-state index in [0.717, 1.165) is 29.0 Å². The van der Waals surface area contributed by atoms with Crippen LogP contribution in [0.5, 0.6) is 11.5 Å². The molecule has 0 aromatic heterocycles. The first-order chi connectivity index (χ1) is 17.5. The Kier molecular flexibility index (Phi) is 11.5. The third kappa shape index (κ3) is 8.53. The maximum Gasteiger partial charge on any atom is 0.244 e. The number of halogens is 1. The van der Waals surface area contributed by atoms with E-state index in [1.54, 1.807) is 36.4 Å². The summed E-state index contributed by atoms with van der Waals surface area (Å²) in [4.78, 5) is 28.3. The largest absolute Gasteiger partial charge is 0.497 e. The number of nitrogens with one attached hydrogen (secondary N) is 1. The van der Waals surface area contributed by atoms with Gasteiger partial charge in [0.05, 0.1) is 26.2 Å². The highest BCUT2D eigenvalue weighted by molar-refractivity contribution is 7.92. The summed E-state index contributed by atoms with van der Waals surface area (Å²) < 4.78 is 37.3. The SMILES string of the molecule is CCCCNC(=O)[C@@H](CC)N(Cc1ccc(Cl)cc1)C(=O)CN(c1cc(OC)ccc1OC)S(C)(=O)=O. The van der Waals surface area contributed by atoms with Crippen molar-refractivity contribution in [3.8, 4) is 11.5 Å². The number of benzene rings is 2. The van der Waals surface area contributed by atoms with E-state index in [4.69, 9.17) is 21.1 Å². The van der Waals surface area contributed by atoms with Crippen LogP contribution in [-0.2, 0) is 26.2 Å². The lowest BCUT2D eigenvalue weighted by Crippen LogP contribution is -2.52. The monoisotopic (exact) mass is 553 g/mol. The van der Waals surface area contributed by atoms with Gasteiger partial charge in [-0.2, -0.15) is 0 Å². The number of ether oxygens (including phenoxy) is 2. The molecule has 0 unspecified atom stereocenters. The van der Waals surface area contributed by atoms with Crippen LogP contribution < -0.4 is 19.1 Å². The van der Waals surface area contributed by atoms with E-state index in [2.05, 4.69) is 5.32 Å². The van der Waals surface area contributed by atoms with Crippen molar-refractivity contribution in [1.29, 1.82) is 0 Å². The summed E-state index contributed by atoms with van der Waals surface area (Å²) in [6.07, 6.45) is 3.08. The molecule has 2 rings (SSSR count). The summed E-state index contributed by atoms with van der Waals surface area (Å²) in [6.45, 7) is 3.89. The Labute approximate surface area is 224 Å². The molecule has 0 bridgehead atoms. The van der Waals surface area contributed by atoms with Crippen LogP contribution in [0.1, 0.15) is 38.7 Å². The predicted molar refractivity (Wildman–Crippen MR) is 146 cm³/mol. The molecule has 0 saturated heterocycles. The minimum Gasteiger partial charge on any atom is -0.497 e. The average Bonchev–Trinajstić information content (AvgIpc) is 2.87. The molecule has 1 atom stereocenters. The molecular formula is C26H36ClN3O6S. The van der Waals surface area contributed by atoms with Crippen molar-refractivity contribution in [2.24, 2.45) is 0 Å². The Balaban J connectivity index is 2.48. The van der Waals surface area contributed by atoms with Crippen LogP contribution in [0.4, 0.5) is 5.69 Å². The number of rotatable bonds is 14. The van der Waals surface area contributed by atoms with Crippen LogP contribution >= 0.6 is 11.6 Å². The molecular weight excluding hydrogens is 518 g/mol. The van der Waals surface area contributed by atoms with Gasteiger partial charge in [0.1, 0.15) is 24.1 Å². The van der Waals surface area contributed by atoms with E-state index in [1.165, 1.54) is 25.2 Å². The number of sulfonamides is 1. The van der Waals surface area contributed by atoms with Crippen molar-refractivity contribution in [2.45, 2.75) is 45.7 Å². The molecule has 2 aromatic rings. The zero-order chi connectivity index (χ0) is 27.6. The van der Waals surface area contributed by atoms with Crippen LogP contribution in [-0.4, -0.2) is 64.7 Å². The first-order valence-corrected chi connectivity index (χ1v) is 14.3. The maximum absolute atomic E-state index is 13.8. The van der Waals surface area contributed by atoms with Gasteiger partial charge in [-0.3, -0.25) is 13.9 Å². The molecule has 0 aliphatic rings. The summed E-state index contributed by atoms with van der Waals surface area (Å²) in [7, 11) is -1.05. The molecule has 9 nitrogen and oxygen atoms in total. The number of methoxy groups -OCH3 is 2. The smallest absolute Gasteiger partial charge is 0.244 e. The molecule has 204 valence electrons. The summed E-state index contributed by atoms with van der Waals surface area (Å²) in [6, 6.07) is 10.8. The fourth-order valence-corrected chi connectivity index (χ4v) is 4.77. The van der Waals surface area contributed by atoms with Gasteiger partial charge in [0.2, 0.25) is 21.8 Å². The number of anilines is 1. The van der Waals surface area contributed by atoms with Crippen LogP contribution in [0.2, 0.25) is 5.02 Å². The predicted octanol–water partition coefficient (Wildman–Crippen LogP) is 3.85. The van der Waals surface area contributed by atoms with Gasteiger partial charge in [-0.25, -0.2) is 8.42 Å². The fourth-order valence-electron chi connectivity index (χ4n) is 3.80. The number of carbonyl (C=O) groups is 2. The molecule has 0 radical (unpaired) electrons. The van der Waals surface area contributed by atoms with Crippen molar-refractivity contribution >= 4 is 39.1 Å². The molecule has 0 spiro atoms. The highest BCUT2D eigenvalue weighted by Crippen LogP contribution is 2.34. The number of nitrogens with zero attached hydrogens (tertiary/aromatic N) is 2. The first kappa shape index (κ1) is 30.2. The van der Waals surface area contributed by atoms with E-state index in [0.29, 0.717) is 23.7 Å². The molecule has 0 aliphatic carbocycles. The molecule has 0 saturated carbocycles. The van der Waals surface area contributed by atoms with E-state index in [-0.39, 0.29) is 23.9 Å². The van der Waals surface area contributed by atoms with Crippen molar-refractivity contribution in [3.05, 3.63) is 53.1 Å². The first-order valence-electron chi connectivity index (χ1n) is 12.1. The zero-order valence-electron chi connectivity index (χ0n) is 22.0. The standard InChI is InChI=1S/C26H36ClN3O6S/c1-6-8-15-28-26(32)22(7-2)29(17-19-9-11-20(27)12-10-19)25(31)18-30(37(5,33)34)23-16-21(35-3)13-14-24(23)36-4/h9-14,16,22H,6-8,15,17-18H2,1-5H3,(H,28,32)/t22-/m1/s1. The number of amides is 2. The van der Waals surface area contributed by atoms with Crippen molar-refractivity contribution in [1.82, 2.24) is 10.2 Å². The van der Waals surface area contributed by atoms with Gasteiger partial charge in [-0.1, -0.05) is 44.0 Å². The minimum absolute atomic E-state index is 0.0998. The third-order valence-electron chi connectivity index (χ3n) is 5.82. The molecule has 0 heterocycles. The minimum atomic E-state index is -3.92. The van der Waals surface area contributed by atoms with Crippen molar-refractivity contribution in [3.63, 3.8) is 0 Å². The van der Waals surface area contributed by atoms with E-state index < -0.39 is 28.5 Å². The summed E-state index contributed by atoms with van der Waals surface area (Å²) in [5.74, 6) is -0.171. The molecule has 2 amide bonds. The Morgan fingerprint density at radius 3 is 2.27 bits per heavy atom. The van der Waals surface area contributed by atoms with Crippen LogP contribution in [0.15, 0.2) is 42.5 Å². The molecule has 2 aromatic carbocycles. The van der Waals surface area contributed by atoms with E-state index in [9.17, 15) is 18.0 Å². The molecule has 1 N–H and O–H groups in total. The number of unbranched alkanes of at least 4 members (excludes halogenated alkanes) is 1. The van der Waals surface area contributed by atoms with Gasteiger partial charge in [0.25, 0.3) is 0 Å². The van der Waals surface area contributed by atoms with Gasteiger partial charge in [-0.15, -0.1) is 0 Å². The van der Waals surface area contributed by atoms with Gasteiger partial charge in [0.15, 0.2) is 0 Å². The van der Waals surface area contributed by atoms with Gasteiger partial charge in [-0.05, 0) is 42.7 Å². The Morgan fingerprint density at radius 2 is 1.73 bits per heavy atom. The van der Waals surface area contributed by atoms with Gasteiger partial charge < -0.3 is 19.7 Å². The topological polar surface area (TPSA) is 105 Å². The summed E-state index contributed by atoms with van der Waals surface area (Å²) in [5.41, 5.74) is 0.909. The van der Waals surface area contributed by atoms with Crippen LogP contribution in [0.3, 0.4) is 0 Å². The second-order valence-electron chi connectivity index (χ2n) is 8.52. The lowest BCUT2D eigenvalue weighted by Gasteiger charge is -2.33. The lowest BCUT2D eigenvalue weighted by atomic mass is 10.1. The second-order valence-corrected chi connectivity index (χ2v) is 10.9. The zero-order valence-corrected chi connectivity index (χ0v) is 23.6. The maximum atomic E-state index is 13.8. The molecule has 11 heteroatoms. The molecule has 37 heavy (non-hydrogen) atoms. The molecule has 0 fully saturated rings. The lowest BCUT2D eigenvalue weighted by molar-refractivity contribution is -0.140.